The van der Waals surface area contributed by atoms with Crippen molar-refractivity contribution < 1.29 is 44.2 Å². The Morgan fingerprint density at radius 2 is 1.59 bits per heavy atom. The van der Waals surface area contributed by atoms with E-state index in [9.17, 15) is 25.2 Å². The quantitative estimate of drug-likeness (QED) is 0.108. The summed E-state index contributed by atoms with van der Waals surface area (Å²) in [5.74, 6) is -0.0646. The first kappa shape index (κ1) is 29.8. The second-order valence-corrected chi connectivity index (χ2v) is 9.59. The molecule has 4 rings (SSSR count). The third-order valence-electron chi connectivity index (χ3n) is 6.59. The van der Waals surface area contributed by atoms with Crippen LogP contribution in [0.3, 0.4) is 0 Å². The molecule has 0 amide bonds. The summed E-state index contributed by atoms with van der Waals surface area (Å²) in [6.45, 7) is 2.58. The number of aryl methyl sites for hydroxylation is 1. The Bertz CT molecular complexity index is 1350. The van der Waals surface area contributed by atoms with Crippen LogP contribution in [0.5, 0.6) is 17.2 Å². The van der Waals surface area contributed by atoms with Crippen molar-refractivity contribution in [2.45, 2.75) is 50.5 Å². The van der Waals surface area contributed by atoms with Crippen LogP contribution in [-0.4, -0.2) is 76.2 Å². The smallest absolute Gasteiger partial charge is 0.335 e. The number of aliphatic hydroxyl groups excluding tert-OH is 3. The Morgan fingerprint density at radius 1 is 0.902 bits per heavy atom. The lowest BCUT2D eigenvalue weighted by atomic mass is 9.99. The van der Waals surface area contributed by atoms with Gasteiger partial charge in [0.1, 0.15) is 54.6 Å². The van der Waals surface area contributed by atoms with Gasteiger partial charge in [-0.3, -0.25) is 5.41 Å². The molecule has 3 aromatic carbocycles. The number of carboxylic acids is 1. The maximum atomic E-state index is 11.3. The SMILES string of the molecule is CCCc1cc(-c2ccc(C(=N)N)cc2)ccc1OCCOc1cccc(O[C@@H]2O[C@H](C(=O)O)[C@@H](O)[C@H](O)[C@H]2O)c1. The second kappa shape index (κ2) is 13.5. The monoisotopic (exact) mass is 566 g/mol. The van der Waals surface area contributed by atoms with Crippen molar-refractivity contribution in [2.75, 3.05) is 13.2 Å². The minimum absolute atomic E-state index is 0.0277. The molecule has 1 aliphatic rings. The van der Waals surface area contributed by atoms with E-state index in [0.717, 1.165) is 35.3 Å². The Morgan fingerprint density at radius 3 is 2.27 bits per heavy atom. The molecule has 0 aliphatic carbocycles. The largest absolute Gasteiger partial charge is 0.490 e. The van der Waals surface area contributed by atoms with Crippen LogP contribution in [0.15, 0.2) is 66.7 Å². The molecule has 1 heterocycles. The van der Waals surface area contributed by atoms with E-state index in [4.69, 9.17) is 30.1 Å². The molecule has 0 radical (unpaired) electrons. The number of amidine groups is 1. The summed E-state index contributed by atoms with van der Waals surface area (Å²) < 4.78 is 22.5. The first-order chi connectivity index (χ1) is 19.7. The van der Waals surface area contributed by atoms with Gasteiger partial charge in [-0.1, -0.05) is 49.7 Å². The lowest BCUT2D eigenvalue weighted by Gasteiger charge is -2.38. The summed E-state index contributed by atoms with van der Waals surface area (Å²) in [6.07, 6.45) is -6.72. The average Bonchev–Trinajstić information content (AvgIpc) is 2.96. The van der Waals surface area contributed by atoms with Crippen LogP contribution in [0.25, 0.3) is 11.1 Å². The maximum absolute atomic E-state index is 11.3. The van der Waals surface area contributed by atoms with Crippen molar-refractivity contribution in [1.82, 2.24) is 0 Å². The van der Waals surface area contributed by atoms with Crippen molar-refractivity contribution in [3.63, 3.8) is 0 Å². The van der Waals surface area contributed by atoms with Gasteiger partial charge < -0.3 is 45.1 Å². The van der Waals surface area contributed by atoms with Gasteiger partial charge >= 0.3 is 5.97 Å². The van der Waals surface area contributed by atoms with E-state index in [-0.39, 0.29) is 24.8 Å². The van der Waals surface area contributed by atoms with Crippen LogP contribution >= 0.6 is 0 Å². The van der Waals surface area contributed by atoms with Crippen LogP contribution in [0.2, 0.25) is 0 Å². The molecule has 0 spiro atoms. The molecule has 11 nitrogen and oxygen atoms in total. The number of nitrogens with two attached hydrogens (primary N) is 1. The highest BCUT2D eigenvalue weighted by atomic mass is 16.7. The number of hydrogen-bond donors (Lipinski definition) is 6. The fourth-order valence-electron chi connectivity index (χ4n) is 4.44. The lowest BCUT2D eigenvalue weighted by Crippen LogP contribution is -2.61. The molecule has 218 valence electrons. The number of hydrogen-bond acceptors (Lipinski definition) is 9. The van der Waals surface area contributed by atoms with Gasteiger partial charge in [-0.15, -0.1) is 0 Å². The van der Waals surface area contributed by atoms with Gasteiger partial charge in [-0.25, -0.2) is 4.79 Å². The summed E-state index contributed by atoms with van der Waals surface area (Å²) in [5.41, 5.74) is 9.34. The van der Waals surface area contributed by atoms with Crippen molar-refractivity contribution >= 4 is 11.8 Å². The van der Waals surface area contributed by atoms with Gasteiger partial charge in [0.2, 0.25) is 6.29 Å². The van der Waals surface area contributed by atoms with E-state index in [1.165, 1.54) is 6.07 Å². The molecule has 0 unspecified atom stereocenters. The zero-order chi connectivity index (χ0) is 29.5. The van der Waals surface area contributed by atoms with Crippen LogP contribution in [0.1, 0.15) is 24.5 Å². The minimum atomic E-state index is -1.80. The first-order valence-corrected chi connectivity index (χ1v) is 13.2. The third kappa shape index (κ3) is 7.33. The average molecular weight is 567 g/mol. The minimum Gasteiger partial charge on any atom is -0.490 e. The summed E-state index contributed by atoms with van der Waals surface area (Å²) in [7, 11) is 0. The van der Waals surface area contributed by atoms with Crippen molar-refractivity contribution in [3.8, 4) is 28.4 Å². The van der Waals surface area contributed by atoms with Crippen LogP contribution in [0.4, 0.5) is 0 Å². The second-order valence-electron chi connectivity index (χ2n) is 9.59. The van der Waals surface area contributed by atoms with Gasteiger partial charge in [-0.2, -0.15) is 0 Å². The number of aliphatic hydroxyl groups is 3. The zero-order valence-electron chi connectivity index (χ0n) is 22.5. The number of carboxylic acid groups (broad SMARTS) is 1. The highest BCUT2D eigenvalue weighted by Crippen LogP contribution is 2.29. The van der Waals surface area contributed by atoms with Gasteiger partial charge in [0, 0.05) is 11.6 Å². The van der Waals surface area contributed by atoms with E-state index in [1.54, 1.807) is 18.2 Å². The van der Waals surface area contributed by atoms with E-state index < -0.39 is 36.7 Å². The van der Waals surface area contributed by atoms with Crippen molar-refractivity contribution in [1.29, 1.82) is 5.41 Å². The van der Waals surface area contributed by atoms with Gasteiger partial charge in [0.15, 0.2) is 6.10 Å². The van der Waals surface area contributed by atoms with Crippen LogP contribution in [-0.2, 0) is 16.0 Å². The number of benzene rings is 3. The molecule has 5 atom stereocenters. The molecular weight excluding hydrogens is 532 g/mol. The number of rotatable bonds is 12. The van der Waals surface area contributed by atoms with E-state index in [1.807, 2.05) is 36.4 Å². The van der Waals surface area contributed by atoms with Crippen LogP contribution < -0.4 is 19.9 Å². The van der Waals surface area contributed by atoms with Gasteiger partial charge in [-0.05, 0) is 47.4 Å². The molecule has 1 saturated heterocycles. The molecule has 0 saturated carbocycles. The molecule has 7 N–H and O–H groups in total. The number of ether oxygens (including phenoxy) is 4. The number of nitrogen functional groups attached to an aromatic ring is 1. The van der Waals surface area contributed by atoms with E-state index in [2.05, 4.69) is 13.0 Å². The highest BCUT2D eigenvalue weighted by molar-refractivity contribution is 5.95. The summed E-state index contributed by atoms with van der Waals surface area (Å²) in [6, 6.07) is 19.9. The Kier molecular flexibility index (Phi) is 9.79. The predicted octanol–water partition coefficient (Wildman–Crippen LogP) is 2.32. The van der Waals surface area contributed by atoms with Crippen molar-refractivity contribution in [3.05, 3.63) is 77.9 Å². The van der Waals surface area contributed by atoms with Crippen LogP contribution in [0, 0.1) is 5.41 Å². The van der Waals surface area contributed by atoms with Crippen molar-refractivity contribution in [2.24, 2.45) is 5.73 Å². The molecular formula is C30H34N2O9. The Labute approximate surface area is 237 Å². The topological polar surface area (TPSA) is 185 Å². The predicted molar refractivity (Wildman–Crippen MR) is 149 cm³/mol. The molecule has 41 heavy (non-hydrogen) atoms. The third-order valence-corrected chi connectivity index (χ3v) is 6.59. The molecule has 0 bridgehead atoms. The standard InChI is InChI=1S/C30H34N2O9/c1-2-4-20-15-19(17-7-9-18(10-8-17)28(31)32)11-12-23(20)39-14-13-38-21-5-3-6-22(16-21)40-30-26(35)24(33)25(34)27(41-30)29(36)37/h3,5-12,15-16,24-27,30,33-35H,2,4,13-14H2,1H3,(H3,31,32)(H,36,37)/t24-,25-,26+,27-,30+/m0/s1. The number of aliphatic carboxylic acids is 1. The Hall–Kier alpha value is -4.16. The van der Waals surface area contributed by atoms with Gasteiger partial charge in [0.25, 0.3) is 0 Å². The summed E-state index contributed by atoms with van der Waals surface area (Å²) >= 11 is 0. The fraction of sp³-hybridized carbons (Fsp3) is 0.333. The Balaban J connectivity index is 1.34. The summed E-state index contributed by atoms with van der Waals surface area (Å²) in [5, 5.41) is 46.8. The number of nitrogens with one attached hydrogen (secondary N) is 1. The summed E-state index contributed by atoms with van der Waals surface area (Å²) in [4.78, 5) is 11.3. The molecule has 1 fully saturated rings. The first-order valence-electron chi connectivity index (χ1n) is 13.2. The van der Waals surface area contributed by atoms with E-state index >= 15 is 0 Å². The molecule has 0 aromatic heterocycles. The highest BCUT2D eigenvalue weighted by Gasteiger charge is 2.48. The fourth-order valence-corrected chi connectivity index (χ4v) is 4.44. The molecule has 3 aromatic rings. The molecule has 11 heteroatoms. The van der Waals surface area contributed by atoms with E-state index in [0.29, 0.717) is 11.3 Å². The lowest BCUT2D eigenvalue weighted by molar-refractivity contribution is -0.271. The normalized spacial score (nSPS) is 22.1. The molecule has 1 aliphatic heterocycles. The maximum Gasteiger partial charge on any atom is 0.335 e. The van der Waals surface area contributed by atoms with Gasteiger partial charge in [0.05, 0.1) is 0 Å². The number of carbonyl (C=O) groups is 1. The zero-order valence-corrected chi connectivity index (χ0v) is 22.5.